The lowest BCUT2D eigenvalue weighted by atomic mass is 9.68. The van der Waals surface area contributed by atoms with Gasteiger partial charge < -0.3 is 9.47 Å². The molecule has 1 aromatic rings. The summed E-state index contributed by atoms with van der Waals surface area (Å²) < 4.78 is 11.9. The van der Waals surface area contributed by atoms with Gasteiger partial charge in [-0.2, -0.15) is 0 Å². The van der Waals surface area contributed by atoms with E-state index in [-0.39, 0.29) is 0 Å². The van der Waals surface area contributed by atoms with Crippen LogP contribution in [-0.4, -0.2) is 26.1 Å². The maximum absolute atomic E-state index is 13.0. The van der Waals surface area contributed by atoms with Crippen LogP contribution in [0.25, 0.3) is 0 Å². The Labute approximate surface area is 155 Å². The fourth-order valence-corrected chi connectivity index (χ4v) is 3.87. The first-order valence-corrected chi connectivity index (χ1v) is 9.74. The van der Waals surface area contributed by atoms with Crippen LogP contribution in [0.3, 0.4) is 0 Å². The quantitative estimate of drug-likeness (QED) is 0.647. The van der Waals surface area contributed by atoms with E-state index in [0.29, 0.717) is 32.0 Å². The molecule has 0 unspecified atom stereocenters. The summed E-state index contributed by atoms with van der Waals surface area (Å²) >= 11 is 3.65. The van der Waals surface area contributed by atoms with Crippen molar-refractivity contribution in [2.24, 2.45) is 0 Å². The summed E-state index contributed by atoms with van der Waals surface area (Å²) in [4.78, 5) is 13.0. The first-order chi connectivity index (χ1) is 11.5. The van der Waals surface area contributed by atoms with E-state index in [1.165, 1.54) is 0 Å². The molecule has 1 heterocycles. The maximum Gasteiger partial charge on any atom is 0.143 e. The Balaban J connectivity index is 0.00000139. The van der Waals surface area contributed by atoms with Crippen LogP contribution in [0.1, 0.15) is 63.1 Å². The molecule has 4 heteroatoms. The second kappa shape index (κ2) is 10.3. The third-order valence-corrected chi connectivity index (χ3v) is 5.41. The zero-order chi connectivity index (χ0) is 18.2. The smallest absolute Gasteiger partial charge is 0.143 e. The van der Waals surface area contributed by atoms with E-state index in [1.807, 2.05) is 13.8 Å². The number of hydrogen-bond acceptors (Lipinski definition) is 3. The molecule has 136 valence electrons. The summed E-state index contributed by atoms with van der Waals surface area (Å²) in [5.74, 6) is 0.350. The van der Waals surface area contributed by atoms with E-state index in [4.69, 9.17) is 9.47 Å². The topological polar surface area (TPSA) is 35.5 Å². The summed E-state index contributed by atoms with van der Waals surface area (Å²) in [6.07, 6.45) is 3.07. The summed E-state index contributed by atoms with van der Waals surface area (Å²) in [6, 6.07) is 4.24. The van der Waals surface area contributed by atoms with Crippen LogP contribution < -0.4 is 0 Å². The Bertz CT molecular complexity index is 534. The zero-order valence-electron chi connectivity index (χ0n) is 15.7. The monoisotopic (exact) mass is 398 g/mol. The third kappa shape index (κ3) is 4.68. The first kappa shape index (κ1) is 21.3. The fourth-order valence-electron chi connectivity index (χ4n) is 3.37. The zero-order valence-corrected chi connectivity index (χ0v) is 17.3. The number of methoxy groups -OCH3 is 1. The molecule has 0 amide bonds. The lowest BCUT2D eigenvalue weighted by molar-refractivity contribution is -0.128. The lowest BCUT2D eigenvalue weighted by Gasteiger charge is -2.38. The molecule has 24 heavy (non-hydrogen) atoms. The largest absolute Gasteiger partial charge is 0.381 e. The van der Waals surface area contributed by atoms with Crippen molar-refractivity contribution < 1.29 is 14.3 Å². The van der Waals surface area contributed by atoms with Crippen LogP contribution in [0, 0.1) is 6.92 Å². The van der Waals surface area contributed by atoms with Crippen molar-refractivity contribution in [1.82, 2.24) is 0 Å². The standard InChI is InChI=1S/C18H25BrO3.C2H6/c1-4-5-17(20)18(6-8-22-9-7-18)15-10-14(12-21-3)11-16(19)13(15)2;1-2/h10-11H,4-9,12H2,1-3H3;1-2H3. The van der Waals surface area contributed by atoms with Gasteiger partial charge in [0, 0.05) is 31.2 Å². The van der Waals surface area contributed by atoms with Crippen molar-refractivity contribution in [1.29, 1.82) is 0 Å². The predicted molar refractivity (Wildman–Crippen MR) is 103 cm³/mol. The second-order valence-electron chi connectivity index (χ2n) is 6.05. The molecule has 1 aliphatic heterocycles. The van der Waals surface area contributed by atoms with Gasteiger partial charge in [0.1, 0.15) is 5.78 Å². The molecule has 0 aromatic heterocycles. The van der Waals surface area contributed by atoms with Gasteiger partial charge in [0.2, 0.25) is 0 Å². The number of carbonyl (C=O) groups is 1. The van der Waals surface area contributed by atoms with Crippen molar-refractivity contribution in [3.05, 3.63) is 33.3 Å². The van der Waals surface area contributed by atoms with Gasteiger partial charge in [-0.1, -0.05) is 42.8 Å². The number of carbonyl (C=O) groups excluding carboxylic acids is 1. The van der Waals surface area contributed by atoms with Crippen LogP contribution in [0.2, 0.25) is 0 Å². The number of Topliss-reactive ketones (excluding diaryl/α,β-unsaturated/α-hetero) is 1. The van der Waals surface area contributed by atoms with Gasteiger partial charge in [-0.15, -0.1) is 0 Å². The van der Waals surface area contributed by atoms with E-state index < -0.39 is 5.41 Å². The van der Waals surface area contributed by atoms with Gasteiger partial charge >= 0.3 is 0 Å². The van der Waals surface area contributed by atoms with Crippen LogP contribution in [0.15, 0.2) is 16.6 Å². The highest BCUT2D eigenvalue weighted by Crippen LogP contribution is 2.41. The van der Waals surface area contributed by atoms with Gasteiger partial charge in [0.05, 0.1) is 12.0 Å². The number of benzene rings is 1. The van der Waals surface area contributed by atoms with Crippen molar-refractivity contribution in [3.8, 4) is 0 Å². The highest BCUT2D eigenvalue weighted by atomic mass is 79.9. The minimum absolute atomic E-state index is 0.350. The third-order valence-electron chi connectivity index (χ3n) is 4.59. The number of ether oxygens (including phenoxy) is 2. The van der Waals surface area contributed by atoms with Gasteiger partial charge in [0.15, 0.2) is 0 Å². The normalized spacial score (nSPS) is 16.2. The van der Waals surface area contributed by atoms with Crippen molar-refractivity contribution in [2.75, 3.05) is 20.3 Å². The summed E-state index contributed by atoms with van der Waals surface area (Å²) in [6.45, 7) is 10.0. The van der Waals surface area contributed by atoms with Crippen LogP contribution in [-0.2, 0) is 26.3 Å². The molecule has 2 rings (SSSR count). The molecule has 1 aliphatic rings. The molecule has 0 spiro atoms. The molecule has 1 fully saturated rings. The number of ketones is 1. The molecule has 1 aromatic carbocycles. The Morgan fingerprint density at radius 2 is 1.92 bits per heavy atom. The highest BCUT2D eigenvalue weighted by molar-refractivity contribution is 9.10. The van der Waals surface area contributed by atoms with E-state index in [9.17, 15) is 4.79 Å². The Morgan fingerprint density at radius 3 is 2.46 bits per heavy atom. The van der Waals surface area contributed by atoms with Crippen molar-refractivity contribution in [3.63, 3.8) is 0 Å². The molecule has 1 saturated heterocycles. The minimum atomic E-state index is -0.398. The minimum Gasteiger partial charge on any atom is -0.381 e. The van der Waals surface area contributed by atoms with Gasteiger partial charge in [-0.05, 0) is 48.9 Å². The Morgan fingerprint density at radius 1 is 1.29 bits per heavy atom. The van der Waals surface area contributed by atoms with E-state index >= 15 is 0 Å². The van der Waals surface area contributed by atoms with E-state index in [1.54, 1.807) is 7.11 Å². The molecule has 0 aliphatic carbocycles. The van der Waals surface area contributed by atoms with E-state index in [0.717, 1.165) is 40.4 Å². The van der Waals surface area contributed by atoms with Crippen LogP contribution in [0.5, 0.6) is 0 Å². The molecule has 0 bridgehead atoms. The van der Waals surface area contributed by atoms with Crippen molar-refractivity contribution in [2.45, 2.75) is 65.4 Å². The molecular weight excluding hydrogens is 368 g/mol. The van der Waals surface area contributed by atoms with Crippen LogP contribution >= 0.6 is 15.9 Å². The van der Waals surface area contributed by atoms with E-state index in [2.05, 4.69) is 41.9 Å². The first-order valence-electron chi connectivity index (χ1n) is 8.94. The predicted octanol–water partition coefficient (Wildman–Crippen LogP) is 5.35. The molecule has 0 saturated carbocycles. The van der Waals surface area contributed by atoms with Gasteiger partial charge in [-0.25, -0.2) is 0 Å². The number of halogens is 1. The second-order valence-corrected chi connectivity index (χ2v) is 6.91. The maximum atomic E-state index is 13.0. The van der Waals surface area contributed by atoms with Gasteiger partial charge in [-0.3, -0.25) is 4.79 Å². The summed E-state index contributed by atoms with van der Waals surface area (Å²) in [7, 11) is 1.69. The van der Waals surface area contributed by atoms with Crippen molar-refractivity contribution >= 4 is 21.7 Å². The highest BCUT2D eigenvalue weighted by Gasteiger charge is 2.42. The summed E-state index contributed by atoms with van der Waals surface area (Å²) in [5, 5.41) is 0. The average Bonchev–Trinajstić information content (AvgIpc) is 2.60. The fraction of sp³-hybridized carbons (Fsp3) is 0.650. The number of hydrogen-bond donors (Lipinski definition) is 0. The molecule has 0 N–H and O–H groups in total. The molecule has 0 radical (unpaired) electrons. The Hall–Kier alpha value is -0.710. The molecular formula is C20H31BrO3. The lowest BCUT2D eigenvalue weighted by Crippen LogP contribution is -2.42. The van der Waals surface area contributed by atoms with Gasteiger partial charge in [0.25, 0.3) is 0 Å². The molecule has 3 nitrogen and oxygen atoms in total. The number of rotatable bonds is 6. The summed E-state index contributed by atoms with van der Waals surface area (Å²) in [5.41, 5.74) is 3.01. The molecule has 0 atom stereocenters. The average molecular weight is 399 g/mol. The Kier molecular flexibility index (Phi) is 9.17. The van der Waals surface area contributed by atoms with Crippen LogP contribution in [0.4, 0.5) is 0 Å². The SMILES string of the molecule is CC.CCCC(=O)C1(c2cc(COC)cc(Br)c2C)CCOCC1.